The minimum Gasteiger partial charge on any atom is -0.323 e. The normalized spacial score (nSPS) is 11.1. The molecule has 0 radical (unpaired) electrons. The van der Waals surface area contributed by atoms with Gasteiger partial charge in [-0.25, -0.2) is 4.79 Å². The van der Waals surface area contributed by atoms with Crippen molar-refractivity contribution in [1.29, 1.82) is 0 Å². The molecular weight excluding hydrogens is 284 g/mol. The molecule has 2 rings (SSSR count). The maximum Gasteiger partial charge on any atom is 0.332 e. The van der Waals surface area contributed by atoms with Crippen molar-refractivity contribution in [2.24, 2.45) is 0 Å². The number of aryl methyl sites for hydroxylation is 1. The molecule has 0 aliphatic carbocycles. The number of imidazole rings is 1. The molecule has 0 aliphatic rings. The Bertz CT molecular complexity index is 743. The van der Waals surface area contributed by atoms with Crippen LogP contribution in [0.1, 0.15) is 26.2 Å². The molecule has 0 spiro atoms. The molecule has 2 aromatic rings. The molecule has 0 amide bonds. The van der Waals surface area contributed by atoms with E-state index in [1.54, 1.807) is 6.92 Å². The van der Waals surface area contributed by atoms with Crippen LogP contribution in [0.4, 0.5) is 0 Å². The summed E-state index contributed by atoms with van der Waals surface area (Å²) >= 11 is 5.77. The third-order valence-electron chi connectivity index (χ3n) is 3.10. The molecule has 0 bridgehead atoms. The number of rotatable bonds is 6. The van der Waals surface area contributed by atoms with E-state index in [0.717, 1.165) is 10.9 Å². The van der Waals surface area contributed by atoms with Crippen molar-refractivity contribution in [3.8, 4) is 0 Å². The van der Waals surface area contributed by atoms with E-state index >= 15 is 0 Å². The zero-order chi connectivity index (χ0) is 14.7. The molecule has 0 fully saturated rings. The van der Waals surface area contributed by atoms with Crippen LogP contribution in [-0.4, -0.2) is 25.4 Å². The molecule has 2 heterocycles. The zero-order valence-corrected chi connectivity index (χ0v) is 11.8. The molecule has 0 unspecified atom stereocenters. The maximum atomic E-state index is 12.3. The van der Waals surface area contributed by atoms with Crippen LogP contribution in [0.5, 0.6) is 0 Å². The molecule has 0 aromatic carbocycles. The Kier molecular flexibility index (Phi) is 4.39. The number of carbonyl (C=O) groups excluding carboxylic acids is 1. The molecule has 20 heavy (non-hydrogen) atoms. The van der Waals surface area contributed by atoms with Crippen molar-refractivity contribution in [3.63, 3.8) is 0 Å². The molecule has 8 heteroatoms. The van der Waals surface area contributed by atoms with E-state index in [4.69, 9.17) is 11.6 Å². The van der Waals surface area contributed by atoms with Gasteiger partial charge in [-0.05, 0) is 31.4 Å². The predicted octanol–water partition coefficient (Wildman–Crippen LogP) is 0.929. The number of carbonyl (C=O) groups is 1. The predicted molar refractivity (Wildman–Crippen MR) is 75.2 cm³/mol. The van der Waals surface area contributed by atoms with Crippen molar-refractivity contribution < 1.29 is 4.79 Å². The van der Waals surface area contributed by atoms with Gasteiger partial charge in [0.05, 0.1) is 0 Å². The number of aromatic nitrogens is 4. The number of aldehydes is 1. The number of aromatic amines is 1. The minimum atomic E-state index is -0.430. The van der Waals surface area contributed by atoms with Gasteiger partial charge in [-0.15, -0.1) is 0 Å². The zero-order valence-electron chi connectivity index (χ0n) is 11.1. The maximum absolute atomic E-state index is 12.3. The van der Waals surface area contributed by atoms with E-state index in [-0.39, 0.29) is 23.0 Å². The first kappa shape index (κ1) is 14.5. The fourth-order valence-corrected chi connectivity index (χ4v) is 2.29. The third-order valence-corrected chi connectivity index (χ3v) is 3.28. The van der Waals surface area contributed by atoms with Crippen LogP contribution in [0.15, 0.2) is 9.59 Å². The number of nitrogens with zero attached hydrogens (tertiary/aromatic N) is 3. The number of nitrogens with one attached hydrogen (secondary N) is 1. The summed E-state index contributed by atoms with van der Waals surface area (Å²) in [5.41, 5.74) is -0.331. The summed E-state index contributed by atoms with van der Waals surface area (Å²) in [6.07, 6.45) is 2.48. The Morgan fingerprint density at radius 1 is 1.30 bits per heavy atom. The third kappa shape index (κ3) is 2.53. The molecule has 2 aromatic heterocycles. The SMILES string of the molecule is CCn1c(=O)n(CCCCC=O)c(=O)c2[nH]c(Cl)nc21. The first-order chi connectivity index (χ1) is 9.60. The van der Waals surface area contributed by atoms with Gasteiger partial charge in [0, 0.05) is 19.5 Å². The van der Waals surface area contributed by atoms with Crippen LogP contribution in [-0.2, 0) is 17.9 Å². The van der Waals surface area contributed by atoms with E-state index < -0.39 is 11.2 Å². The average molecular weight is 299 g/mol. The van der Waals surface area contributed by atoms with Crippen LogP contribution < -0.4 is 11.2 Å². The summed E-state index contributed by atoms with van der Waals surface area (Å²) in [5, 5.41) is 0.0809. The molecule has 108 valence electrons. The monoisotopic (exact) mass is 298 g/mol. The molecule has 7 nitrogen and oxygen atoms in total. The van der Waals surface area contributed by atoms with Gasteiger partial charge < -0.3 is 9.78 Å². The Morgan fingerprint density at radius 3 is 2.70 bits per heavy atom. The van der Waals surface area contributed by atoms with Crippen LogP contribution >= 0.6 is 11.6 Å². The lowest BCUT2D eigenvalue weighted by atomic mass is 10.2. The lowest BCUT2D eigenvalue weighted by Gasteiger charge is -2.08. The van der Waals surface area contributed by atoms with Crippen molar-refractivity contribution in [3.05, 3.63) is 26.1 Å². The fourth-order valence-electron chi connectivity index (χ4n) is 2.12. The van der Waals surface area contributed by atoms with Crippen LogP contribution in [0, 0.1) is 0 Å². The molecule has 0 saturated carbocycles. The van der Waals surface area contributed by atoms with Crippen LogP contribution in [0.25, 0.3) is 11.2 Å². The van der Waals surface area contributed by atoms with Gasteiger partial charge in [-0.2, -0.15) is 4.98 Å². The number of hydrogen-bond donors (Lipinski definition) is 1. The van der Waals surface area contributed by atoms with Crippen molar-refractivity contribution >= 4 is 29.1 Å². The smallest absolute Gasteiger partial charge is 0.323 e. The lowest BCUT2D eigenvalue weighted by Crippen LogP contribution is -2.40. The first-order valence-electron chi connectivity index (χ1n) is 6.42. The van der Waals surface area contributed by atoms with E-state index in [9.17, 15) is 14.4 Å². The molecule has 0 atom stereocenters. The summed E-state index contributed by atoms with van der Waals surface area (Å²) < 4.78 is 2.56. The number of fused-ring (bicyclic) bond motifs is 1. The highest BCUT2D eigenvalue weighted by molar-refractivity contribution is 6.28. The van der Waals surface area contributed by atoms with Crippen molar-refractivity contribution in [2.45, 2.75) is 39.3 Å². The van der Waals surface area contributed by atoms with Gasteiger partial charge in [0.1, 0.15) is 6.29 Å². The van der Waals surface area contributed by atoms with Crippen molar-refractivity contribution in [2.75, 3.05) is 0 Å². The molecule has 1 N–H and O–H groups in total. The van der Waals surface area contributed by atoms with Gasteiger partial charge in [0.25, 0.3) is 5.56 Å². The van der Waals surface area contributed by atoms with Crippen LogP contribution in [0.2, 0.25) is 5.28 Å². The highest BCUT2D eigenvalue weighted by atomic mass is 35.5. The molecular formula is C12H15ClN4O3. The van der Waals surface area contributed by atoms with E-state index in [2.05, 4.69) is 9.97 Å². The topological polar surface area (TPSA) is 89.8 Å². The Hall–Kier alpha value is -1.89. The number of halogens is 1. The van der Waals surface area contributed by atoms with Gasteiger partial charge in [-0.1, -0.05) is 0 Å². The second kappa shape index (κ2) is 6.04. The van der Waals surface area contributed by atoms with Gasteiger partial charge >= 0.3 is 5.69 Å². The summed E-state index contributed by atoms with van der Waals surface area (Å²) in [4.78, 5) is 41.4. The Balaban J connectivity index is 2.51. The Morgan fingerprint density at radius 2 is 2.05 bits per heavy atom. The second-order valence-electron chi connectivity index (χ2n) is 4.37. The average Bonchev–Trinajstić information content (AvgIpc) is 2.80. The summed E-state index contributed by atoms with van der Waals surface area (Å²) in [6, 6.07) is 0. The standard InChI is InChI=1S/C12H15ClN4O3/c1-2-16-9-8(14-11(13)15-9)10(19)17(12(16)20)6-4-3-5-7-18/h7H,2-6H2,1H3,(H,14,15). The summed E-state index contributed by atoms with van der Waals surface area (Å²) in [5.74, 6) is 0. The van der Waals surface area contributed by atoms with E-state index in [1.165, 1.54) is 4.57 Å². The number of H-pyrrole nitrogens is 1. The Labute approximate surface area is 119 Å². The summed E-state index contributed by atoms with van der Waals surface area (Å²) in [6.45, 7) is 2.47. The summed E-state index contributed by atoms with van der Waals surface area (Å²) in [7, 11) is 0. The lowest BCUT2D eigenvalue weighted by molar-refractivity contribution is -0.107. The first-order valence-corrected chi connectivity index (χ1v) is 6.80. The number of unbranched alkanes of at least 4 members (excludes halogenated alkanes) is 2. The quantitative estimate of drug-likeness (QED) is 0.488. The second-order valence-corrected chi connectivity index (χ2v) is 4.73. The largest absolute Gasteiger partial charge is 0.332 e. The van der Waals surface area contributed by atoms with E-state index in [1.807, 2.05) is 0 Å². The fraction of sp³-hybridized carbons (Fsp3) is 0.500. The van der Waals surface area contributed by atoms with Crippen molar-refractivity contribution in [1.82, 2.24) is 19.1 Å². The van der Waals surface area contributed by atoms with Gasteiger partial charge in [-0.3, -0.25) is 13.9 Å². The van der Waals surface area contributed by atoms with Gasteiger partial charge in [0.15, 0.2) is 11.2 Å². The van der Waals surface area contributed by atoms with E-state index in [0.29, 0.717) is 25.8 Å². The minimum absolute atomic E-state index is 0.0809. The molecule has 0 aliphatic heterocycles. The highest BCUT2D eigenvalue weighted by Gasteiger charge is 2.15. The van der Waals surface area contributed by atoms with Gasteiger partial charge in [0.2, 0.25) is 5.28 Å². The van der Waals surface area contributed by atoms with Crippen LogP contribution in [0.3, 0.4) is 0 Å². The molecule has 0 saturated heterocycles. The highest BCUT2D eigenvalue weighted by Crippen LogP contribution is 2.09. The number of hydrogen-bond acceptors (Lipinski definition) is 4.